The van der Waals surface area contributed by atoms with Crippen LogP contribution in [0.2, 0.25) is 0 Å². The normalized spacial score (nSPS) is 19.5. The van der Waals surface area contributed by atoms with Crippen LogP contribution in [0, 0.1) is 0 Å². The first-order valence-electron chi connectivity index (χ1n) is 5.94. The third kappa shape index (κ3) is 2.98. The molecular weight excluding hydrogens is 255 g/mol. The number of alkyl halides is 3. The van der Waals surface area contributed by atoms with Crippen LogP contribution in [0.1, 0.15) is 12.5 Å². The van der Waals surface area contributed by atoms with Crippen molar-refractivity contribution < 1.29 is 18.3 Å². The topological polar surface area (TPSA) is 23.5 Å². The molecule has 2 nitrogen and oxygen atoms in total. The molecule has 0 amide bonds. The van der Waals surface area contributed by atoms with E-state index in [2.05, 4.69) is 0 Å². The van der Waals surface area contributed by atoms with Crippen LogP contribution >= 0.6 is 0 Å². The Kier molecular flexibility index (Phi) is 3.66. The molecule has 2 rings (SSSR count). The fraction of sp³-hybridized carbons (Fsp3) is 0.286. The highest BCUT2D eigenvalue weighted by molar-refractivity contribution is 5.55. The standard InChI is InChI=1S/C14H14F3NO/c1-2-10-3-6-12(7-4-10)18-9-11(14(15,16)17)5-8-13(18)19/h3-9,13,19H,2H2,1H3. The molecule has 1 unspecified atom stereocenters. The highest BCUT2D eigenvalue weighted by Gasteiger charge is 2.34. The molecular formula is C14H14F3NO. The summed E-state index contributed by atoms with van der Waals surface area (Å²) in [5.41, 5.74) is 0.832. The van der Waals surface area contributed by atoms with Crippen LogP contribution in [0.4, 0.5) is 18.9 Å². The van der Waals surface area contributed by atoms with Crippen LogP contribution < -0.4 is 4.90 Å². The van der Waals surface area contributed by atoms with Crippen LogP contribution in [0.25, 0.3) is 0 Å². The lowest BCUT2D eigenvalue weighted by atomic mass is 10.1. The van der Waals surface area contributed by atoms with Crippen molar-refractivity contribution in [1.82, 2.24) is 0 Å². The number of benzene rings is 1. The highest BCUT2D eigenvalue weighted by Crippen LogP contribution is 2.31. The first-order valence-corrected chi connectivity index (χ1v) is 5.94. The van der Waals surface area contributed by atoms with Gasteiger partial charge < -0.3 is 10.0 Å². The summed E-state index contributed by atoms with van der Waals surface area (Å²) < 4.78 is 37.9. The van der Waals surface area contributed by atoms with Crippen LogP contribution in [0.5, 0.6) is 0 Å². The molecule has 1 aromatic carbocycles. The SMILES string of the molecule is CCc1ccc(N2C=C(C(F)(F)F)C=CC2O)cc1. The monoisotopic (exact) mass is 269 g/mol. The maximum atomic E-state index is 12.6. The number of aliphatic hydroxyl groups is 1. The van der Waals surface area contributed by atoms with E-state index in [1.54, 1.807) is 12.1 Å². The molecule has 1 N–H and O–H groups in total. The van der Waals surface area contributed by atoms with Crippen molar-refractivity contribution in [2.24, 2.45) is 0 Å². The molecule has 1 aromatic rings. The lowest BCUT2D eigenvalue weighted by Gasteiger charge is -2.29. The quantitative estimate of drug-likeness (QED) is 0.889. The molecule has 0 radical (unpaired) electrons. The average Bonchev–Trinajstić information content (AvgIpc) is 2.38. The Hall–Kier alpha value is -1.75. The molecule has 0 aliphatic carbocycles. The lowest BCUT2D eigenvalue weighted by Crippen LogP contribution is -2.33. The second kappa shape index (κ2) is 5.09. The summed E-state index contributed by atoms with van der Waals surface area (Å²) in [6.07, 6.45) is -1.72. The zero-order chi connectivity index (χ0) is 14.0. The van der Waals surface area contributed by atoms with Gasteiger partial charge in [-0.2, -0.15) is 13.2 Å². The van der Waals surface area contributed by atoms with Crippen molar-refractivity contribution in [2.45, 2.75) is 25.7 Å². The Morgan fingerprint density at radius 2 is 1.84 bits per heavy atom. The van der Waals surface area contributed by atoms with Crippen LogP contribution in [0.15, 0.2) is 48.2 Å². The molecule has 1 atom stereocenters. The van der Waals surface area contributed by atoms with E-state index in [4.69, 9.17) is 0 Å². The van der Waals surface area contributed by atoms with Gasteiger partial charge in [0.1, 0.15) is 6.23 Å². The van der Waals surface area contributed by atoms with Gasteiger partial charge in [-0.25, -0.2) is 0 Å². The average molecular weight is 269 g/mol. The number of anilines is 1. The second-order valence-electron chi connectivity index (χ2n) is 4.28. The van der Waals surface area contributed by atoms with E-state index in [9.17, 15) is 18.3 Å². The Morgan fingerprint density at radius 3 is 2.37 bits per heavy atom. The van der Waals surface area contributed by atoms with Gasteiger partial charge in [-0.15, -0.1) is 0 Å². The summed E-state index contributed by atoms with van der Waals surface area (Å²) in [5.74, 6) is 0. The second-order valence-corrected chi connectivity index (χ2v) is 4.28. The molecule has 5 heteroatoms. The Bertz CT molecular complexity index is 502. The van der Waals surface area contributed by atoms with E-state index in [-0.39, 0.29) is 0 Å². The Morgan fingerprint density at radius 1 is 1.21 bits per heavy atom. The number of hydrogen-bond donors (Lipinski definition) is 1. The van der Waals surface area contributed by atoms with Crippen LogP contribution in [0.3, 0.4) is 0 Å². The largest absolute Gasteiger partial charge is 0.417 e. The minimum atomic E-state index is -4.42. The fourth-order valence-corrected chi connectivity index (χ4v) is 1.85. The molecule has 0 saturated carbocycles. The van der Waals surface area contributed by atoms with Crippen molar-refractivity contribution in [2.75, 3.05) is 4.90 Å². The Labute approximate surface area is 109 Å². The van der Waals surface area contributed by atoms with Crippen molar-refractivity contribution in [3.8, 4) is 0 Å². The van der Waals surface area contributed by atoms with Crippen molar-refractivity contribution in [3.63, 3.8) is 0 Å². The molecule has 0 aromatic heterocycles. The van der Waals surface area contributed by atoms with Gasteiger partial charge in [0.15, 0.2) is 0 Å². The van der Waals surface area contributed by atoms with Gasteiger partial charge in [0.25, 0.3) is 0 Å². The number of aryl methyl sites for hydroxylation is 1. The van der Waals surface area contributed by atoms with Gasteiger partial charge in [0.05, 0.1) is 5.57 Å². The summed E-state index contributed by atoms with van der Waals surface area (Å²) in [6, 6.07) is 7.07. The molecule has 19 heavy (non-hydrogen) atoms. The minimum absolute atomic E-state index is 0.524. The number of rotatable bonds is 2. The summed E-state index contributed by atoms with van der Waals surface area (Å²) in [6.45, 7) is 2.00. The number of nitrogens with zero attached hydrogens (tertiary/aromatic N) is 1. The van der Waals surface area contributed by atoms with Crippen molar-refractivity contribution in [3.05, 3.63) is 53.8 Å². The van der Waals surface area contributed by atoms with E-state index in [0.717, 1.165) is 30.3 Å². The third-order valence-corrected chi connectivity index (χ3v) is 2.98. The lowest BCUT2D eigenvalue weighted by molar-refractivity contribution is -0.0888. The van der Waals surface area contributed by atoms with Gasteiger partial charge >= 0.3 is 6.18 Å². The third-order valence-electron chi connectivity index (χ3n) is 2.98. The fourth-order valence-electron chi connectivity index (χ4n) is 1.85. The van der Waals surface area contributed by atoms with Crippen molar-refractivity contribution >= 4 is 5.69 Å². The number of allylic oxidation sites excluding steroid dienone is 2. The molecule has 0 bridgehead atoms. The molecule has 0 spiro atoms. The van der Waals surface area contributed by atoms with E-state index in [1.165, 1.54) is 4.90 Å². The number of aliphatic hydroxyl groups excluding tert-OH is 1. The molecule has 1 aliphatic rings. The van der Waals surface area contributed by atoms with Crippen molar-refractivity contribution in [1.29, 1.82) is 0 Å². The van der Waals surface area contributed by atoms with Gasteiger partial charge in [-0.05, 0) is 36.3 Å². The molecule has 0 saturated heterocycles. The molecule has 0 fully saturated rings. The molecule has 1 aliphatic heterocycles. The first kappa shape index (κ1) is 13.7. The summed E-state index contributed by atoms with van der Waals surface area (Å²) >= 11 is 0. The van der Waals surface area contributed by atoms with E-state index < -0.39 is 18.0 Å². The summed E-state index contributed by atoms with van der Waals surface area (Å²) in [4.78, 5) is 1.20. The van der Waals surface area contributed by atoms with Gasteiger partial charge in [-0.1, -0.05) is 19.1 Å². The van der Waals surface area contributed by atoms with Gasteiger partial charge in [-0.3, -0.25) is 0 Å². The zero-order valence-electron chi connectivity index (χ0n) is 10.4. The minimum Gasteiger partial charge on any atom is -0.370 e. The van der Waals surface area contributed by atoms with E-state index in [0.29, 0.717) is 5.69 Å². The van der Waals surface area contributed by atoms with Gasteiger partial charge in [0.2, 0.25) is 0 Å². The zero-order valence-corrected chi connectivity index (χ0v) is 10.4. The van der Waals surface area contributed by atoms with E-state index >= 15 is 0 Å². The van der Waals surface area contributed by atoms with Crippen LogP contribution in [-0.2, 0) is 6.42 Å². The maximum Gasteiger partial charge on any atom is 0.417 e. The maximum absolute atomic E-state index is 12.6. The number of halogens is 3. The summed E-state index contributed by atoms with van der Waals surface area (Å²) in [5, 5.41) is 9.76. The predicted molar refractivity (Wildman–Crippen MR) is 67.6 cm³/mol. The first-order chi connectivity index (χ1) is 8.91. The highest BCUT2D eigenvalue weighted by atomic mass is 19.4. The smallest absolute Gasteiger partial charge is 0.370 e. The molecule has 102 valence electrons. The Balaban J connectivity index is 2.31. The molecule has 1 heterocycles. The predicted octanol–water partition coefficient (Wildman–Crippen LogP) is 3.39. The van der Waals surface area contributed by atoms with E-state index in [1.807, 2.05) is 19.1 Å². The van der Waals surface area contributed by atoms with Gasteiger partial charge in [0, 0.05) is 11.9 Å². The number of hydrogen-bond acceptors (Lipinski definition) is 2. The van der Waals surface area contributed by atoms with Crippen LogP contribution in [-0.4, -0.2) is 17.5 Å². The summed E-state index contributed by atoms with van der Waals surface area (Å²) in [7, 11) is 0.